The van der Waals surface area contributed by atoms with Crippen molar-refractivity contribution in [2.24, 2.45) is 11.7 Å². The minimum absolute atomic E-state index is 0.0910. The fraction of sp³-hybridized carbons (Fsp3) is 0.556. The van der Waals surface area contributed by atoms with E-state index in [0.717, 1.165) is 12.1 Å². The van der Waals surface area contributed by atoms with Gasteiger partial charge in [-0.3, -0.25) is 4.79 Å². The van der Waals surface area contributed by atoms with E-state index in [1.807, 2.05) is 6.92 Å². The quantitative estimate of drug-likeness (QED) is 0.700. The van der Waals surface area contributed by atoms with Gasteiger partial charge in [-0.1, -0.05) is 6.92 Å². The molecule has 0 aromatic carbocycles. The third kappa shape index (κ3) is 2.99. The van der Waals surface area contributed by atoms with Crippen LogP contribution in [-0.2, 0) is 6.42 Å². The van der Waals surface area contributed by atoms with Crippen LogP contribution in [0.2, 0.25) is 0 Å². The van der Waals surface area contributed by atoms with Gasteiger partial charge in [-0.05, 0) is 25.8 Å². The first-order valence-corrected chi connectivity index (χ1v) is 4.38. The summed E-state index contributed by atoms with van der Waals surface area (Å²) in [4.78, 5) is 17.9. The molecule has 0 spiro atoms. The van der Waals surface area contributed by atoms with Crippen molar-refractivity contribution in [1.82, 2.24) is 9.97 Å². The van der Waals surface area contributed by atoms with Crippen molar-refractivity contribution in [3.8, 4) is 0 Å². The SMILES string of the molecule is Cc1nc(CC(C)CN)cc(=O)[nH]1. The number of hydrogen-bond acceptors (Lipinski definition) is 3. The van der Waals surface area contributed by atoms with Gasteiger partial charge < -0.3 is 10.7 Å². The van der Waals surface area contributed by atoms with E-state index >= 15 is 0 Å². The molecule has 1 aromatic heterocycles. The Bertz CT molecular complexity index is 332. The molecule has 0 saturated carbocycles. The van der Waals surface area contributed by atoms with Crippen LogP contribution in [-0.4, -0.2) is 16.5 Å². The molecule has 0 saturated heterocycles. The fourth-order valence-electron chi connectivity index (χ4n) is 1.19. The molecule has 0 fully saturated rings. The van der Waals surface area contributed by atoms with Crippen LogP contribution in [0.3, 0.4) is 0 Å². The van der Waals surface area contributed by atoms with Crippen LogP contribution < -0.4 is 11.3 Å². The number of aromatic nitrogens is 2. The third-order valence-electron chi connectivity index (χ3n) is 1.87. The third-order valence-corrected chi connectivity index (χ3v) is 1.87. The molecule has 0 amide bonds. The maximum absolute atomic E-state index is 11.1. The maximum Gasteiger partial charge on any atom is 0.251 e. The van der Waals surface area contributed by atoms with Gasteiger partial charge in [0.2, 0.25) is 0 Å². The smallest absolute Gasteiger partial charge is 0.251 e. The van der Waals surface area contributed by atoms with Crippen molar-refractivity contribution in [2.75, 3.05) is 6.54 Å². The Kier molecular flexibility index (Phi) is 3.19. The number of aryl methyl sites for hydroxylation is 1. The topological polar surface area (TPSA) is 71.8 Å². The summed E-state index contributed by atoms with van der Waals surface area (Å²) in [7, 11) is 0. The first-order valence-electron chi connectivity index (χ1n) is 4.38. The summed E-state index contributed by atoms with van der Waals surface area (Å²) in [6, 6.07) is 1.53. The van der Waals surface area contributed by atoms with Gasteiger partial charge >= 0.3 is 0 Å². The Morgan fingerprint density at radius 2 is 2.38 bits per heavy atom. The van der Waals surface area contributed by atoms with Crippen LogP contribution in [0.5, 0.6) is 0 Å². The largest absolute Gasteiger partial charge is 0.330 e. The number of rotatable bonds is 3. The van der Waals surface area contributed by atoms with E-state index in [0.29, 0.717) is 18.3 Å². The second kappa shape index (κ2) is 4.18. The molecule has 3 N–H and O–H groups in total. The molecule has 1 aromatic rings. The number of nitrogens with one attached hydrogen (secondary N) is 1. The summed E-state index contributed by atoms with van der Waals surface area (Å²) in [5.74, 6) is 1.03. The van der Waals surface area contributed by atoms with E-state index in [4.69, 9.17) is 5.73 Å². The number of nitrogens with zero attached hydrogens (tertiary/aromatic N) is 1. The molecule has 4 nitrogen and oxygen atoms in total. The summed E-state index contributed by atoms with van der Waals surface area (Å²) in [5, 5.41) is 0. The van der Waals surface area contributed by atoms with Gasteiger partial charge in [0.25, 0.3) is 5.56 Å². The molecule has 0 aliphatic carbocycles. The van der Waals surface area contributed by atoms with Gasteiger partial charge in [-0.2, -0.15) is 0 Å². The Morgan fingerprint density at radius 3 is 2.92 bits per heavy atom. The van der Waals surface area contributed by atoms with Crippen molar-refractivity contribution in [3.05, 3.63) is 27.9 Å². The second-order valence-corrected chi connectivity index (χ2v) is 3.37. The highest BCUT2D eigenvalue weighted by Crippen LogP contribution is 2.02. The molecule has 1 rings (SSSR count). The lowest BCUT2D eigenvalue weighted by Gasteiger charge is -2.06. The highest BCUT2D eigenvalue weighted by atomic mass is 16.1. The minimum Gasteiger partial charge on any atom is -0.330 e. The van der Waals surface area contributed by atoms with Crippen LogP contribution in [0, 0.1) is 12.8 Å². The van der Waals surface area contributed by atoms with Crippen LogP contribution >= 0.6 is 0 Å². The zero-order valence-electron chi connectivity index (χ0n) is 8.00. The van der Waals surface area contributed by atoms with Crippen molar-refractivity contribution < 1.29 is 0 Å². The Morgan fingerprint density at radius 1 is 1.69 bits per heavy atom. The highest BCUT2D eigenvalue weighted by Gasteiger charge is 2.03. The lowest BCUT2D eigenvalue weighted by atomic mass is 10.1. The first kappa shape index (κ1) is 9.92. The van der Waals surface area contributed by atoms with E-state index in [2.05, 4.69) is 9.97 Å². The standard InChI is InChI=1S/C9H15N3O/c1-6(5-10)3-8-4-9(13)12-7(2)11-8/h4,6H,3,5,10H2,1-2H3,(H,11,12,13). The summed E-state index contributed by atoms with van der Waals surface area (Å²) in [5.41, 5.74) is 6.21. The zero-order chi connectivity index (χ0) is 9.84. The Hall–Kier alpha value is -1.16. The zero-order valence-corrected chi connectivity index (χ0v) is 8.00. The average Bonchev–Trinajstić information content (AvgIpc) is 2.02. The van der Waals surface area contributed by atoms with Gasteiger partial charge in [0.15, 0.2) is 0 Å². The molecule has 0 aliphatic rings. The van der Waals surface area contributed by atoms with Gasteiger partial charge in [0, 0.05) is 11.8 Å². The Balaban J connectivity index is 2.83. The minimum atomic E-state index is -0.0910. The molecule has 0 aliphatic heterocycles. The van der Waals surface area contributed by atoms with E-state index in [9.17, 15) is 4.79 Å². The molecule has 13 heavy (non-hydrogen) atoms. The van der Waals surface area contributed by atoms with Crippen LogP contribution in [0.1, 0.15) is 18.4 Å². The highest BCUT2D eigenvalue weighted by molar-refractivity contribution is 5.02. The summed E-state index contributed by atoms with van der Waals surface area (Å²) >= 11 is 0. The van der Waals surface area contributed by atoms with E-state index in [1.54, 1.807) is 6.92 Å². The molecule has 1 unspecified atom stereocenters. The first-order chi connectivity index (χ1) is 6.11. The van der Waals surface area contributed by atoms with Crippen LogP contribution in [0.4, 0.5) is 0 Å². The maximum atomic E-state index is 11.1. The predicted octanol–water partition coefficient (Wildman–Crippen LogP) is 0.216. The Labute approximate surface area is 77.2 Å². The monoisotopic (exact) mass is 181 g/mol. The molecule has 0 bridgehead atoms. The summed E-state index contributed by atoms with van der Waals surface area (Å²) in [6.07, 6.45) is 0.765. The molecule has 0 radical (unpaired) electrons. The lowest BCUT2D eigenvalue weighted by Crippen LogP contribution is -2.17. The molecule has 1 heterocycles. The predicted molar refractivity (Wildman–Crippen MR) is 51.5 cm³/mol. The van der Waals surface area contributed by atoms with Gasteiger partial charge in [0.05, 0.1) is 0 Å². The second-order valence-electron chi connectivity index (χ2n) is 3.37. The van der Waals surface area contributed by atoms with Gasteiger partial charge in [-0.25, -0.2) is 4.98 Å². The summed E-state index contributed by atoms with van der Waals surface area (Å²) < 4.78 is 0. The molecule has 72 valence electrons. The van der Waals surface area contributed by atoms with Crippen LogP contribution in [0.25, 0.3) is 0 Å². The van der Waals surface area contributed by atoms with Crippen molar-refractivity contribution >= 4 is 0 Å². The molecule has 1 atom stereocenters. The van der Waals surface area contributed by atoms with Crippen molar-refractivity contribution in [3.63, 3.8) is 0 Å². The fourth-order valence-corrected chi connectivity index (χ4v) is 1.19. The number of nitrogens with two attached hydrogens (primary N) is 1. The summed E-state index contributed by atoms with van der Waals surface area (Å²) in [6.45, 7) is 4.43. The van der Waals surface area contributed by atoms with Gasteiger partial charge in [-0.15, -0.1) is 0 Å². The lowest BCUT2D eigenvalue weighted by molar-refractivity contribution is 0.581. The van der Waals surface area contributed by atoms with Crippen molar-refractivity contribution in [2.45, 2.75) is 20.3 Å². The number of aromatic amines is 1. The van der Waals surface area contributed by atoms with Crippen LogP contribution in [0.15, 0.2) is 10.9 Å². The molecule has 4 heteroatoms. The van der Waals surface area contributed by atoms with E-state index in [-0.39, 0.29) is 5.56 Å². The normalized spacial score (nSPS) is 12.8. The number of H-pyrrole nitrogens is 1. The van der Waals surface area contributed by atoms with Gasteiger partial charge in [0.1, 0.15) is 5.82 Å². The van der Waals surface area contributed by atoms with E-state index in [1.165, 1.54) is 6.07 Å². The van der Waals surface area contributed by atoms with E-state index < -0.39 is 0 Å². The average molecular weight is 181 g/mol. The molecular weight excluding hydrogens is 166 g/mol. The number of hydrogen-bond donors (Lipinski definition) is 2. The molecular formula is C9H15N3O. The van der Waals surface area contributed by atoms with Crippen molar-refractivity contribution in [1.29, 1.82) is 0 Å².